The van der Waals surface area contributed by atoms with Gasteiger partial charge < -0.3 is 25.4 Å². The van der Waals surface area contributed by atoms with E-state index in [1.165, 1.54) is 16.1 Å². The molecule has 0 spiro atoms. The fourth-order valence-corrected chi connectivity index (χ4v) is 4.11. The Labute approximate surface area is 211 Å². The summed E-state index contributed by atoms with van der Waals surface area (Å²) in [6.07, 6.45) is 2.02. The summed E-state index contributed by atoms with van der Waals surface area (Å²) in [5, 5.41) is 9.15. The number of nitrogens with one attached hydrogen (secondary N) is 1. The van der Waals surface area contributed by atoms with Gasteiger partial charge in [-0.15, -0.1) is 5.10 Å². The van der Waals surface area contributed by atoms with E-state index >= 15 is 0 Å². The van der Waals surface area contributed by atoms with Gasteiger partial charge in [0.15, 0.2) is 11.5 Å². The van der Waals surface area contributed by atoms with Crippen LogP contribution in [0.5, 0.6) is 0 Å². The number of pyridine rings is 1. The lowest BCUT2D eigenvalue weighted by molar-refractivity contribution is -0.127. The molecule has 0 radical (unpaired) electrons. The van der Waals surface area contributed by atoms with Crippen LogP contribution in [0.15, 0.2) is 52.9 Å². The zero-order valence-corrected chi connectivity index (χ0v) is 20.1. The highest BCUT2D eigenvalue weighted by Crippen LogP contribution is 2.25. The van der Waals surface area contributed by atoms with E-state index in [1.54, 1.807) is 6.92 Å². The van der Waals surface area contributed by atoms with Crippen molar-refractivity contribution in [3.05, 3.63) is 59.8 Å². The molecule has 12 nitrogen and oxygen atoms in total. The van der Waals surface area contributed by atoms with Gasteiger partial charge in [0.25, 0.3) is 11.7 Å². The Morgan fingerprint density at radius 3 is 2.49 bits per heavy atom. The normalized spacial score (nSPS) is 13.9. The van der Waals surface area contributed by atoms with Gasteiger partial charge in [0.05, 0.1) is 35.0 Å². The first-order valence-electron chi connectivity index (χ1n) is 11.4. The minimum atomic E-state index is -0.911. The van der Waals surface area contributed by atoms with Crippen molar-refractivity contribution in [2.75, 3.05) is 37.8 Å². The number of hydrogen-bond acceptors (Lipinski definition) is 8. The number of piperazine rings is 1. The van der Waals surface area contributed by atoms with Crippen molar-refractivity contribution in [3.63, 3.8) is 0 Å². The average molecular weight is 509 g/mol. The molecule has 0 aliphatic carbocycles. The van der Waals surface area contributed by atoms with Gasteiger partial charge in [-0.3, -0.25) is 9.59 Å². The summed E-state index contributed by atoms with van der Waals surface area (Å²) in [6.45, 7) is 6.30. The van der Waals surface area contributed by atoms with Crippen LogP contribution in [0.3, 0.4) is 0 Å². The molecule has 13 heteroatoms. The summed E-state index contributed by atoms with van der Waals surface area (Å²) in [5.74, 6) is 2.65. The average Bonchev–Trinajstić information content (AvgIpc) is 3.38. The molecule has 3 heterocycles. The van der Waals surface area contributed by atoms with Gasteiger partial charge in [0.1, 0.15) is 0 Å². The maximum Gasteiger partial charge on any atom is 0.359 e. The number of fused-ring (bicyclic) bond motifs is 1. The predicted molar refractivity (Wildman–Crippen MR) is 135 cm³/mol. The molecule has 0 unspecified atom stereocenters. The van der Waals surface area contributed by atoms with Crippen LogP contribution in [-0.2, 0) is 9.53 Å². The third-order valence-corrected chi connectivity index (χ3v) is 5.87. The lowest BCUT2D eigenvalue weighted by Gasteiger charge is -2.37. The number of rotatable bonds is 6. The first kappa shape index (κ1) is 25.3. The number of aromatic nitrogens is 2. The van der Waals surface area contributed by atoms with Crippen molar-refractivity contribution < 1.29 is 23.5 Å². The smallest absolute Gasteiger partial charge is 0.359 e. The largest absolute Gasteiger partial charge is 0.461 e. The highest BCUT2D eigenvalue weighted by Gasteiger charge is 2.32. The Balaban J connectivity index is 1.50. The zero-order chi connectivity index (χ0) is 26.5. The predicted octanol–water partition coefficient (Wildman–Crippen LogP) is 1.56. The number of para-hydroxylation sites is 1. The van der Waals surface area contributed by atoms with Gasteiger partial charge in [-0.1, -0.05) is 18.2 Å². The van der Waals surface area contributed by atoms with Crippen LogP contribution in [0.4, 0.5) is 10.1 Å². The van der Waals surface area contributed by atoms with E-state index in [0.29, 0.717) is 24.7 Å². The number of anilines is 1. The summed E-state index contributed by atoms with van der Waals surface area (Å²) < 4.78 is 19.6. The van der Waals surface area contributed by atoms with E-state index in [-0.39, 0.29) is 41.9 Å². The number of Topliss-reactive ketones (excluding diaryl/α,β-unsaturated/α-hetero) is 1. The number of hydrogen-bond donors (Lipinski definition) is 2. The third kappa shape index (κ3) is 4.83. The number of nitrogens with two attached hydrogens (primary N) is 1. The SMILES string of the molecule is C=NN(/C(=N\N)N1CCN(C(=O)C(=O)c2c[nH]c3c(C(=O)OCC)ncc(F)c23)CC1)c1ccccc1. The van der Waals surface area contributed by atoms with Gasteiger partial charge >= 0.3 is 5.97 Å². The molecule has 4 rings (SSSR count). The first-order chi connectivity index (χ1) is 17.9. The van der Waals surface area contributed by atoms with E-state index in [2.05, 4.69) is 26.9 Å². The molecule has 37 heavy (non-hydrogen) atoms. The van der Waals surface area contributed by atoms with E-state index < -0.39 is 23.5 Å². The van der Waals surface area contributed by atoms with Crippen LogP contribution < -0.4 is 10.9 Å². The number of amides is 1. The number of carbonyl (C=O) groups excluding carboxylic acids is 3. The van der Waals surface area contributed by atoms with Gasteiger partial charge in [-0.2, -0.15) is 10.1 Å². The molecule has 3 aromatic rings. The molecular formula is C24H25FN8O4. The van der Waals surface area contributed by atoms with Gasteiger partial charge in [0.2, 0.25) is 5.96 Å². The Hall–Kier alpha value is -4.81. The van der Waals surface area contributed by atoms with Gasteiger partial charge in [-0.25, -0.2) is 14.2 Å². The topological polar surface area (TPSA) is 150 Å². The number of ether oxygens (including phenoxy) is 1. The van der Waals surface area contributed by atoms with Crippen molar-refractivity contribution >= 4 is 46.9 Å². The lowest BCUT2D eigenvalue weighted by atomic mass is 10.1. The van der Waals surface area contributed by atoms with E-state index in [0.717, 1.165) is 6.20 Å². The van der Waals surface area contributed by atoms with Crippen molar-refractivity contribution in [3.8, 4) is 0 Å². The number of benzene rings is 1. The van der Waals surface area contributed by atoms with Crippen LogP contribution >= 0.6 is 0 Å². The molecule has 1 fully saturated rings. The van der Waals surface area contributed by atoms with Gasteiger partial charge in [0, 0.05) is 39.1 Å². The minimum absolute atomic E-state index is 0.0128. The summed E-state index contributed by atoms with van der Waals surface area (Å²) in [5.41, 5.74) is 0.323. The fraction of sp³-hybridized carbons (Fsp3) is 0.250. The summed E-state index contributed by atoms with van der Waals surface area (Å²) in [6, 6.07) is 9.18. The molecule has 1 aromatic carbocycles. The summed E-state index contributed by atoms with van der Waals surface area (Å²) >= 11 is 0. The van der Waals surface area contributed by atoms with Crippen LogP contribution in [0.1, 0.15) is 27.8 Å². The molecule has 192 valence electrons. The Morgan fingerprint density at radius 1 is 1.19 bits per heavy atom. The van der Waals surface area contributed by atoms with Crippen LogP contribution in [0.25, 0.3) is 10.9 Å². The number of ketones is 1. The van der Waals surface area contributed by atoms with E-state index in [4.69, 9.17) is 10.6 Å². The number of guanidine groups is 1. The second kappa shape index (κ2) is 10.8. The molecule has 1 amide bonds. The van der Waals surface area contributed by atoms with Crippen LogP contribution in [-0.4, -0.2) is 82.9 Å². The molecule has 0 atom stereocenters. The van der Waals surface area contributed by atoms with E-state index in [9.17, 15) is 18.8 Å². The Bertz CT molecular complexity index is 1370. The molecule has 1 aliphatic rings. The minimum Gasteiger partial charge on any atom is -0.461 e. The second-order valence-corrected chi connectivity index (χ2v) is 7.95. The molecule has 1 aliphatic heterocycles. The van der Waals surface area contributed by atoms with Crippen LogP contribution in [0, 0.1) is 5.82 Å². The zero-order valence-electron chi connectivity index (χ0n) is 20.1. The number of esters is 1. The van der Waals surface area contributed by atoms with Crippen molar-refractivity contribution in [1.82, 2.24) is 19.8 Å². The number of hydrazone groups is 2. The molecule has 0 saturated carbocycles. The van der Waals surface area contributed by atoms with E-state index in [1.807, 2.05) is 35.2 Å². The molecule has 0 bridgehead atoms. The number of carbonyl (C=O) groups is 3. The maximum absolute atomic E-state index is 14.6. The Morgan fingerprint density at radius 2 is 1.86 bits per heavy atom. The second-order valence-electron chi connectivity index (χ2n) is 7.95. The highest BCUT2D eigenvalue weighted by molar-refractivity contribution is 6.45. The number of halogens is 1. The molecule has 1 saturated heterocycles. The molecule has 2 aromatic heterocycles. The fourth-order valence-electron chi connectivity index (χ4n) is 4.11. The van der Waals surface area contributed by atoms with Crippen molar-refractivity contribution in [1.29, 1.82) is 0 Å². The highest BCUT2D eigenvalue weighted by atomic mass is 19.1. The maximum atomic E-state index is 14.6. The summed E-state index contributed by atoms with van der Waals surface area (Å²) in [7, 11) is 0. The van der Waals surface area contributed by atoms with Gasteiger partial charge in [-0.05, 0) is 19.1 Å². The monoisotopic (exact) mass is 508 g/mol. The molecule has 3 N–H and O–H groups in total. The number of H-pyrrole nitrogens is 1. The van der Waals surface area contributed by atoms with Crippen LogP contribution in [0.2, 0.25) is 0 Å². The standard InChI is InChI=1S/C24H25FN8O4/c1-3-37-23(36)20-19-18(17(25)14-29-20)16(13-28-19)21(34)22(35)31-9-11-32(12-10-31)24(30-26)33(27-2)15-7-5-4-6-8-15/h4-8,13-14,28H,2-3,9-12,26H2,1H3/b30-24-. The summed E-state index contributed by atoms with van der Waals surface area (Å²) in [4.78, 5) is 48.0. The quantitative estimate of drug-likeness (QED) is 0.0969. The Kier molecular flexibility index (Phi) is 7.41. The van der Waals surface area contributed by atoms with Crippen molar-refractivity contribution in [2.45, 2.75) is 6.92 Å². The number of nitrogens with zero attached hydrogens (tertiary/aromatic N) is 6. The molecular weight excluding hydrogens is 483 g/mol. The third-order valence-electron chi connectivity index (χ3n) is 5.87. The van der Waals surface area contributed by atoms with Crippen molar-refractivity contribution in [2.24, 2.45) is 16.0 Å². The lowest BCUT2D eigenvalue weighted by Crippen LogP contribution is -2.55. The first-order valence-corrected chi connectivity index (χ1v) is 11.4. The number of aromatic amines is 1.